The summed E-state index contributed by atoms with van der Waals surface area (Å²) in [5.74, 6) is -1.58. The predicted molar refractivity (Wildman–Crippen MR) is 73.7 cm³/mol. The zero-order valence-corrected chi connectivity index (χ0v) is 13.4. The third-order valence-electron chi connectivity index (χ3n) is 3.01. The van der Waals surface area contributed by atoms with Gasteiger partial charge in [-0.2, -0.15) is 4.31 Å². The fourth-order valence-corrected chi connectivity index (χ4v) is 5.54. The molecule has 1 aromatic heterocycles. The molecular weight excluding hydrogens is 356 g/mol. The molecule has 1 aliphatic heterocycles. The second kappa shape index (κ2) is 5.47. The van der Waals surface area contributed by atoms with Crippen molar-refractivity contribution in [1.29, 1.82) is 0 Å². The van der Waals surface area contributed by atoms with Gasteiger partial charge in [0, 0.05) is 13.1 Å². The van der Waals surface area contributed by atoms with Gasteiger partial charge in [-0.05, 0) is 35.7 Å². The van der Waals surface area contributed by atoms with E-state index in [1.165, 1.54) is 4.31 Å². The maximum absolute atomic E-state index is 12.4. The highest BCUT2D eigenvalue weighted by molar-refractivity contribution is 9.11. The van der Waals surface area contributed by atoms with Gasteiger partial charge in [-0.3, -0.25) is 4.79 Å². The van der Waals surface area contributed by atoms with Crippen molar-refractivity contribution in [2.24, 2.45) is 5.92 Å². The molecule has 0 spiro atoms. The number of nitrogens with zero attached hydrogens (tertiary/aromatic N) is 2. The number of aromatic nitrogens is 1. The average Bonchev–Trinajstić information content (AvgIpc) is 2.70. The smallest absolute Gasteiger partial charge is 0.307 e. The van der Waals surface area contributed by atoms with Gasteiger partial charge in [0.25, 0.3) is 10.0 Å². The molecule has 0 saturated carbocycles. The Balaban J connectivity index is 2.26. The number of thiazole rings is 1. The van der Waals surface area contributed by atoms with Gasteiger partial charge >= 0.3 is 5.97 Å². The SMILES string of the molecule is Cc1nc(S(=O)(=O)N2CCCC(C(=O)O)C2)sc1Br. The maximum atomic E-state index is 12.4. The predicted octanol–water partition coefficient (Wildman–Crippen LogP) is 1.70. The Kier molecular flexibility index (Phi) is 4.29. The van der Waals surface area contributed by atoms with Crippen LogP contribution in [0, 0.1) is 12.8 Å². The molecule has 19 heavy (non-hydrogen) atoms. The van der Waals surface area contributed by atoms with Crippen molar-refractivity contribution in [3.63, 3.8) is 0 Å². The van der Waals surface area contributed by atoms with Crippen LogP contribution < -0.4 is 0 Å². The van der Waals surface area contributed by atoms with Crippen LogP contribution >= 0.6 is 27.3 Å². The summed E-state index contributed by atoms with van der Waals surface area (Å²) >= 11 is 4.30. The average molecular weight is 369 g/mol. The normalized spacial score (nSPS) is 21.5. The molecule has 1 aromatic rings. The van der Waals surface area contributed by atoms with E-state index in [9.17, 15) is 13.2 Å². The van der Waals surface area contributed by atoms with Gasteiger partial charge in [-0.15, -0.1) is 0 Å². The van der Waals surface area contributed by atoms with Crippen molar-refractivity contribution in [3.05, 3.63) is 9.48 Å². The van der Waals surface area contributed by atoms with E-state index in [2.05, 4.69) is 20.9 Å². The molecule has 1 aliphatic rings. The van der Waals surface area contributed by atoms with Gasteiger partial charge < -0.3 is 5.11 Å². The van der Waals surface area contributed by atoms with Crippen LogP contribution in [0.2, 0.25) is 0 Å². The van der Waals surface area contributed by atoms with Crippen molar-refractivity contribution in [2.45, 2.75) is 24.1 Å². The van der Waals surface area contributed by atoms with E-state index in [1.54, 1.807) is 6.92 Å². The Bertz CT molecular complexity index is 579. The van der Waals surface area contributed by atoms with Gasteiger partial charge in [0.05, 0.1) is 15.4 Å². The summed E-state index contributed by atoms with van der Waals surface area (Å²) < 4.78 is 26.7. The first-order chi connectivity index (χ1) is 8.82. The molecule has 0 aliphatic carbocycles. The topological polar surface area (TPSA) is 87.6 Å². The molecule has 2 heterocycles. The van der Waals surface area contributed by atoms with Crippen LogP contribution in [0.25, 0.3) is 0 Å². The molecule has 9 heteroatoms. The summed E-state index contributed by atoms with van der Waals surface area (Å²) in [6, 6.07) is 0. The zero-order valence-electron chi connectivity index (χ0n) is 10.2. The summed E-state index contributed by atoms with van der Waals surface area (Å²) in [5, 5.41) is 9.00. The Morgan fingerprint density at radius 2 is 2.26 bits per heavy atom. The van der Waals surface area contributed by atoms with E-state index in [1.807, 2.05) is 0 Å². The van der Waals surface area contributed by atoms with Gasteiger partial charge in [0.15, 0.2) is 0 Å². The van der Waals surface area contributed by atoms with Crippen LogP contribution in [0.5, 0.6) is 0 Å². The second-order valence-corrected chi connectivity index (χ2v) is 8.81. The Labute approximate surface area is 123 Å². The number of hydrogen-bond acceptors (Lipinski definition) is 5. The second-order valence-electron chi connectivity index (χ2n) is 4.38. The minimum atomic E-state index is -3.68. The Morgan fingerprint density at radius 1 is 1.58 bits per heavy atom. The number of aryl methyl sites for hydroxylation is 1. The minimum Gasteiger partial charge on any atom is -0.481 e. The monoisotopic (exact) mass is 368 g/mol. The lowest BCUT2D eigenvalue weighted by Gasteiger charge is -2.28. The van der Waals surface area contributed by atoms with E-state index >= 15 is 0 Å². The quantitative estimate of drug-likeness (QED) is 0.876. The molecule has 1 unspecified atom stereocenters. The van der Waals surface area contributed by atoms with Crippen molar-refractivity contribution < 1.29 is 18.3 Å². The van der Waals surface area contributed by atoms with Crippen LogP contribution in [0.15, 0.2) is 8.13 Å². The van der Waals surface area contributed by atoms with Crippen molar-refractivity contribution in [1.82, 2.24) is 9.29 Å². The first-order valence-electron chi connectivity index (χ1n) is 5.68. The van der Waals surface area contributed by atoms with Gasteiger partial charge in [-0.25, -0.2) is 13.4 Å². The largest absolute Gasteiger partial charge is 0.481 e. The summed E-state index contributed by atoms with van der Waals surface area (Å²) in [4.78, 5) is 15.0. The van der Waals surface area contributed by atoms with Crippen molar-refractivity contribution in [2.75, 3.05) is 13.1 Å². The molecule has 1 N–H and O–H groups in total. The van der Waals surface area contributed by atoms with Crippen LogP contribution in [0.4, 0.5) is 0 Å². The molecular formula is C10H13BrN2O4S2. The third kappa shape index (κ3) is 2.99. The fraction of sp³-hybridized carbons (Fsp3) is 0.600. The van der Waals surface area contributed by atoms with Gasteiger partial charge in [0.2, 0.25) is 4.34 Å². The highest BCUT2D eigenvalue weighted by Crippen LogP contribution is 2.31. The van der Waals surface area contributed by atoms with Gasteiger partial charge in [-0.1, -0.05) is 11.3 Å². The number of sulfonamides is 1. The summed E-state index contributed by atoms with van der Waals surface area (Å²) in [5.41, 5.74) is 0.621. The molecule has 6 nitrogen and oxygen atoms in total. The number of hydrogen-bond donors (Lipinski definition) is 1. The summed E-state index contributed by atoms with van der Waals surface area (Å²) in [6.45, 7) is 2.09. The highest BCUT2D eigenvalue weighted by Gasteiger charge is 2.35. The first-order valence-corrected chi connectivity index (χ1v) is 8.73. The number of rotatable bonds is 3. The van der Waals surface area contributed by atoms with Crippen LogP contribution in [0.3, 0.4) is 0 Å². The number of carboxylic acid groups (broad SMARTS) is 1. The Hall–Kier alpha value is -0.510. The molecule has 1 saturated heterocycles. The highest BCUT2D eigenvalue weighted by atomic mass is 79.9. The van der Waals surface area contributed by atoms with E-state index in [-0.39, 0.29) is 10.9 Å². The van der Waals surface area contributed by atoms with Crippen LogP contribution in [-0.4, -0.2) is 41.9 Å². The van der Waals surface area contributed by atoms with Gasteiger partial charge in [0.1, 0.15) is 0 Å². The molecule has 0 aromatic carbocycles. The molecule has 106 valence electrons. The lowest BCUT2D eigenvalue weighted by atomic mass is 10.0. The molecule has 0 amide bonds. The molecule has 1 fully saturated rings. The number of carboxylic acids is 1. The fourth-order valence-electron chi connectivity index (χ4n) is 1.94. The lowest BCUT2D eigenvalue weighted by molar-refractivity contribution is -0.142. The van der Waals surface area contributed by atoms with Crippen LogP contribution in [-0.2, 0) is 14.8 Å². The number of halogens is 1. The Morgan fingerprint density at radius 3 is 2.79 bits per heavy atom. The van der Waals surface area contributed by atoms with E-state index < -0.39 is 21.9 Å². The van der Waals surface area contributed by atoms with E-state index in [0.717, 1.165) is 11.3 Å². The molecule has 1 atom stereocenters. The lowest BCUT2D eigenvalue weighted by Crippen LogP contribution is -2.42. The number of aliphatic carboxylic acids is 1. The maximum Gasteiger partial charge on any atom is 0.307 e. The van der Waals surface area contributed by atoms with Crippen molar-refractivity contribution in [3.8, 4) is 0 Å². The molecule has 2 rings (SSSR count). The van der Waals surface area contributed by atoms with Crippen LogP contribution in [0.1, 0.15) is 18.5 Å². The summed E-state index contributed by atoms with van der Waals surface area (Å²) in [6.07, 6.45) is 1.07. The third-order valence-corrected chi connectivity index (χ3v) is 7.24. The standard InChI is InChI=1S/C10H13BrN2O4S2/c1-6-8(11)18-10(12-6)19(16,17)13-4-2-3-7(5-13)9(14)15/h7H,2-5H2,1H3,(H,14,15). The molecule has 0 radical (unpaired) electrons. The zero-order chi connectivity index (χ0) is 14.2. The first kappa shape index (κ1) is 14.9. The number of piperidine rings is 1. The molecule has 0 bridgehead atoms. The number of carbonyl (C=O) groups is 1. The van der Waals surface area contributed by atoms with E-state index in [0.29, 0.717) is 28.9 Å². The summed E-state index contributed by atoms with van der Waals surface area (Å²) in [7, 11) is -3.68. The van der Waals surface area contributed by atoms with Crippen molar-refractivity contribution >= 4 is 43.3 Å². The van der Waals surface area contributed by atoms with E-state index in [4.69, 9.17) is 5.11 Å². The minimum absolute atomic E-state index is 0.0166.